The number of aryl methyl sites for hydroxylation is 1. The summed E-state index contributed by atoms with van der Waals surface area (Å²) in [5.74, 6) is -1.22. The molecule has 0 bridgehead atoms. The first kappa shape index (κ1) is 12.1. The summed E-state index contributed by atoms with van der Waals surface area (Å²) in [6.07, 6.45) is 0.652. The van der Waals surface area contributed by atoms with E-state index in [1.165, 1.54) is 6.92 Å². The minimum atomic E-state index is -0.803. The first-order valence-corrected chi connectivity index (χ1v) is 5.13. The molecule has 0 aliphatic carbocycles. The highest BCUT2D eigenvalue weighted by Gasteiger charge is 2.17. The third kappa shape index (κ3) is 2.75. The van der Waals surface area contributed by atoms with Crippen LogP contribution >= 0.6 is 0 Å². The van der Waals surface area contributed by atoms with Gasteiger partial charge in [-0.15, -0.1) is 0 Å². The summed E-state index contributed by atoms with van der Waals surface area (Å²) in [5, 5.41) is 0. The molecule has 0 heterocycles. The van der Waals surface area contributed by atoms with Gasteiger partial charge in [0.15, 0.2) is 11.6 Å². The normalized spacial score (nSPS) is 13.3. The van der Waals surface area contributed by atoms with Crippen molar-refractivity contribution < 1.29 is 8.78 Å². The Bertz CT molecular complexity index is 348. The van der Waals surface area contributed by atoms with Crippen molar-refractivity contribution in [3.05, 3.63) is 34.9 Å². The highest BCUT2D eigenvalue weighted by Crippen LogP contribution is 2.24. The van der Waals surface area contributed by atoms with Crippen LogP contribution in [0.5, 0.6) is 0 Å². The van der Waals surface area contributed by atoms with Crippen LogP contribution < -0.4 is 5.73 Å². The van der Waals surface area contributed by atoms with Crippen LogP contribution in [0.3, 0.4) is 0 Å². The fourth-order valence-corrected chi connectivity index (χ4v) is 1.58. The Hall–Kier alpha value is -0.960. The zero-order valence-corrected chi connectivity index (χ0v) is 9.35. The molecule has 1 rings (SSSR count). The third-order valence-corrected chi connectivity index (χ3v) is 2.43. The average molecular weight is 213 g/mol. The van der Waals surface area contributed by atoms with Crippen LogP contribution in [0.15, 0.2) is 12.1 Å². The lowest BCUT2D eigenvalue weighted by molar-refractivity contribution is 0.456. The summed E-state index contributed by atoms with van der Waals surface area (Å²) in [4.78, 5) is 0. The Kier molecular flexibility index (Phi) is 3.80. The molecular weight excluding hydrogens is 196 g/mol. The molecule has 0 saturated carbocycles. The summed E-state index contributed by atoms with van der Waals surface area (Å²) in [6, 6.07) is 2.70. The lowest BCUT2D eigenvalue weighted by Crippen LogP contribution is -2.15. The van der Waals surface area contributed by atoms with Gasteiger partial charge >= 0.3 is 0 Å². The Morgan fingerprint density at radius 3 is 2.33 bits per heavy atom. The Balaban J connectivity index is 3.00. The van der Waals surface area contributed by atoms with Crippen molar-refractivity contribution in [2.24, 2.45) is 11.7 Å². The van der Waals surface area contributed by atoms with Gasteiger partial charge in [-0.25, -0.2) is 8.78 Å². The zero-order chi connectivity index (χ0) is 11.6. The smallest absolute Gasteiger partial charge is 0.163 e. The quantitative estimate of drug-likeness (QED) is 0.819. The van der Waals surface area contributed by atoms with E-state index in [4.69, 9.17) is 5.73 Å². The topological polar surface area (TPSA) is 26.0 Å². The molecule has 1 nitrogen and oxygen atoms in total. The SMILES string of the molecule is Cc1ccc(C(N)CC(C)C)c(F)c1F. The van der Waals surface area contributed by atoms with Crippen LogP contribution in [0.1, 0.15) is 37.4 Å². The standard InChI is InChI=1S/C12H17F2N/c1-7(2)6-10(15)9-5-4-8(3)11(13)12(9)14/h4-5,7,10H,6,15H2,1-3H3. The minimum Gasteiger partial charge on any atom is -0.324 e. The van der Waals surface area contributed by atoms with E-state index in [-0.39, 0.29) is 5.56 Å². The van der Waals surface area contributed by atoms with E-state index in [0.29, 0.717) is 17.9 Å². The fourth-order valence-electron chi connectivity index (χ4n) is 1.58. The number of hydrogen-bond acceptors (Lipinski definition) is 1. The molecule has 0 aliphatic heterocycles. The van der Waals surface area contributed by atoms with E-state index in [1.54, 1.807) is 12.1 Å². The molecule has 0 aromatic heterocycles. The van der Waals surface area contributed by atoms with Crippen molar-refractivity contribution >= 4 is 0 Å². The Morgan fingerprint density at radius 1 is 1.20 bits per heavy atom. The van der Waals surface area contributed by atoms with Crippen molar-refractivity contribution in [3.63, 3.8) is 0 Å². The van der Waals surface area contributed by atoms with Gasteiger partial charge in [-0.1, -0.05) is 26.0 Å². The van der Waals surface area contributed by atoms with E-state index >= 15 is 0 Å². The molecular formula is C12H17F2N. The van der Waals surface area contributed by atoms with Crippen LogP contribution in [0.4, 0.5) is 8.78 Å². The molecule has 0 aliphatic rings. The monoisotopic (exact) mass is 213 g/mol. The van der Waals surface area contributed by atoms with E-state index < -0.39 is 17.7 Å². The summed E-state index contributed by atoms with van der Waals surface area (Å²) in [5.41, 5.74) is 6.39. The van der Waals surface area contributed by atoms with Crippen molar-refractivity contribution in [2.45, 2.75) is 33.2 Å². The van der Waals surface area contributed by atoms with E-state index in [1.807, 2.05) is 13.8 Å². The van der Waals surface area contributed by atoms with Crippen LogP contribution in [0, 0.1) is 24.5 Å². The molecule has 0 radical (unpaired) electrons. The maximum Gasteiger partial charge on any atom is 0.163 e. The molecule has 3 heteroatoms. The predicted molar refractivity (Wildman–Crippen MR) is 57.5 cm³/mol. The maximum absolute atomic E-state index is 13.5. The molecule has 0 amide bonds. The van der Waals surface area contributed by atoms with E-state index in [2.05, 4.69) is 0 Å². The van der Waals surface area contributed by atoms with E-state index in [9.17, 15) is 8.78 Å². The summed E-state index contributed by atoms with van der Waals surface area (Å²) in [7, 11) is 0. The largest absolute Gasteiger partial charge is 0.324 e. The maximum atomic E-state index is 13.5. The first-order valence-electron chi connectivity index (χ1n) is 5.13. The highest BCUT2D eigenvalue weighted by molar-refractivity contribution is 5.27. The summed E-state index contributed by atoms with van der Waals surface area (Å²) < 4.78 is 26.8. The zero-order valence-electron chi connectivity index (χ0n) is 9.35. The van der Waals surface area contributed by atoms with Gasteiger partial charge in [0, 0.05) is 11.6 Å². The number of hydrogen-bond donors (Lipinski definition) is 1. The Morgan fingerprint density at radius 2 is 1.80 bits per heavy atom. The average Bonchev–Trinajstić information content (AvgIpc) is 2.13. The molecule has 84 valence electrons. The number of benzene rings is 1. The molecule has 0 saturated heterocycles. The van der Waals surface area contributed by atoms with Crippen molar-refractivity contribution in [1.29, 1.82) is 0 Å². The Labute approximate surface area is 89.3 Å². The van der Waals surface area contributed by atoms with Gasteiger partial charge in [0.25, 0.3) is 0 Å². The molecule has 1 atom stereocenters. The second-order valence-corrected chi connectivity index (χ2v) is 4.34. The molecule has 1 unspecified atom stereocenters. The van der Waals surface area contributed by atoms with Gasteiger partial charge in [0.1, 0.15) is 0 Å². The molecule has 0 fully saturated rings. The number of nitrogens with two attached hydrogens (primary N) is 1. The van der Waals surface area contributed by atoms with Crippen LogP contribution in [0.25, 0.3) is 0 Å². The number of rotatable bonds is 3. The minimum absolute atomic E-state index is 0.270. The van der Waals surface area contributed by atoms with Crippen molar-refractivity contribution in [3.8, 4) is 0 Å². The lowest BCUT2D eigenvalue weighted by atomic mass is 9.96. The van der Waals surface area contributed by atoms with Crippen molar-refractivity contribution in [2.75, 3.05) is 0 Å². The first-order chi connectivity index (χ1) is 6.93. The second-order valence-electron chi connectivity index (χ2n) is 4.34. The van der Waals surface area contributed by atoms with Crippen LogP contribution in [-0.4, -0.2) is 0 Å². The second kappa shape index (κ2) is 4.71. The summed E-state index contributed by atoms with van der Waals surface area (Å²) >= 11 is 0. The molecule has 2 N–H and O–H groups in total. The van der Waals surface area contributed by atoms with Crippen LogP contribution in [0.2, 0.25) is 0 Å². The van der Waals surface area contributed by atoms with Crippen LogP contribution in [-0.2, 0) is 0 Å². The lowest BCUT2D eigenvalue weighted by Gasteiger charge is -2.16. The molecule has 0 spiro atoms. The molecule has 1 aromatic carbocycles. The van der Waals surface area contributed by atoms with Gasteiger partial charge in [-0.2, -0.15) is 0 Å². The fraction of sp³-hybridized carbons (Fsp3) is 0.500. The van der Waals surface area contributed by atoms with Gasteiger partial charge in [-0.05, 0) is 24.8 Å². The van der Waals surface area contributed by atoms with Gasteiger partial charge in [0.05, 0.1) is 0 Å². The number of halogens is 2. The van der Waals surface area contributed by atoms with E-state index in [0.717, 1.165) is 0 Å². The van der Waals surface area contributed by atoms with Gasteiger partial charge in [-0.3, -0.25) is 0 Å². The van der Waals surface area contributed by atoms with Crippen molar-refractivity contribution in [1.82, 2.24) is 0 Å². The third-order valence-electron chi connectivity index (χ3n) is 2.43. The van der Waals surface area contributed by atoms with Gasteiger partial charge in [0.2, 0.25) is 0 Å². The predicted octanol–water partition coefficient (Wildman–Crippen LogP) is 3.32. The molecule has 1 aromatic rings. The summed E-state index contributed by atoms with van der Waals surface area (Å²) in [6.45, 7) is 5.54. The highest BCUT2D eigenvalue weighted by atomic mass is 19.2. The van der Waals surface area contributed by atoms with Gasteiger partial charge < -0.3 is 5.73 Å². The molecule has 15 heavy (non-hydrogen) atoms.